The molecule has 112 valence electrons. The molecule has 0 aromatic carbocycles. The van der Waals surface area contributed by atoms with Crippen LogP contribution in [0.3, 0.4) is 0 Å². The zero-order valence-electron chi connectivity index (χ0n) is 11.3. The summed E-state index contributed by atoms with van der Waals surface area (Å²) in [5.74, 6) is -1.63. The summed E-state index contributed by atoms with van der Waals surface area (Å²) in [6, 6.07) is 0.999. The van der Waals surface area contributed by atoms with Gasteiger partial charge in [0.15, 0.2) is 0 Å². The molecule has 0 aliphatic heterocycles. The van der Waals surface area contributed by atoms with Gasteiger partial charge in [-0.15, -0.1) is 11.3 Å². The lowest BCUT2D eigenvalue weighted by Crippen LogP contribution is -2.39. The average molecular weight is 320 g/mol. The van der Waals surface area contributed by atoms with Gasteiger partial charge >= 0.3 is 5.97 Å². The molecule has 0 spiro atoms. The Morgan fingerprint density at radius 1 is 1.40 bits per heavy atom. The molecule has 0 aliphatic rings. The van der Waals surface area contributed by atoms with Gasteiger partial charge in [0, 0.05) is 10.9 Å². The maximum Gasteiger partial charge on any atom is 0.345 e. The Hall–Kier alpha value is -1.45. The average Bonchev–Trinajstić information content (AvgIpc) is 2.69. The normalized spacial score (nSPS) is 11.6. The molecule has 9 heteroatoms. The largest absolute Gasteiger partial charge is 0.477 e. The van der Waals surface area contributed by atoms with E-state index in [1.165, 1.54) is 6.92 Å². The first-order valence-electron chi connectivity index (χ1n) is 5.76. The molecule has 0 atom stereocenters. The first-order chi connectivity index (χ1) is 9.13. The number of carboxylic acids is 1. The Morgan fingerprint density at radius 3 is 2.45 bits per heavy atom. The number of hydrogen-bond acceptors (Lipinski definition) is 5. The molecule has 1 aromatic heterocycles. The Morgan fingerprint density at radius 2 is 2.00 bits per heavy atom. The minimum atomic E-state index is -3.90. The van der Waals surface area contributed by atoms with Crippen LogP contribution in [0.25, 0.3) is 0 Å². The van der Waals surface area contributed by atoms with Crippen LogP contribution in [-0.4, -0.2) is 38.0 Å². The number of amides is 1. The number of sulfonamides is 1. The van der Waals surface area contributed by atoms with Crippen molar-refractivity contribution in [2.45, 2.75) is 31.7 Å². The maximum atomic E-state index is 12.0. The number of rotatable bonds is 6. The van der Waals surface area contributed by atoms with Crippen molar-refractivity contribution in [3.05, 3.63) is 15.8 Å². The molecule has 0 unspecified atom stereocenters. The Bertz CT molecular complexity index is 619. The van der Waals surface area contributed by atoms with Crippen molar-refractivity contribution >= 4 is 33.2 Å². The summed E-state index contributed by atoms with van der Waals surface area (Å²) >= 11 is 0.875. The molecule has 0 radical (unpaired) electrons. The molecular weight excluding hydrogens is 304 g/mol. The molecule has 1 amide bonds. The predicted molar refractivity (Wildman–Crippen MR) is 74.5 cm³/mol. The smallest absolute Gasteiger partial charge is 0.345 e. The SMILES string of the molecule is Cc1sc(C(=O)O)cc1S(=O)(=O)NCC(=O)NC(C)C. The van der Waals surface area contributed by atoms with Crippen molar-refractivity contribution in [2.24, 2.45) is 0 Å². The van der Waals surface area contributed by atoms with Crippen LogP contribution in [0, 0.1) is 6.92 Å². The van der Waals surface area contributed by atoms with Crippen LogP contribution in [0.1, 0.15) is 28.4 Å². The monoisotopic (exact) mass is 320 g/mol. The summed E-state index contributed by atoms with van der Waals surface area (Å²) in [5, 5.41) is 11.4. The number of hydrogen-bond donors (Lipinski definition) is 3. The number of carboxylic acid groups (broad SMARTS) is 1. The van der Waals surface area contributed by atoms with E-state index in [1.54, 1.807) is 13.8 Å². The van der Waals surface area contributed by atoms with E-state index in [0.29, 0.717) is 4.88 Å². The van der Waals surface area contributed by atoms with Crippen LogP contribution in [0.15, 0.2) is 11.0 Å². The molecule has 0 saturated carbocycles. The van der Waals surface area contributed by atoms with Gasteiger partial charge in [-0.3, -0.25) is 4.79 Å². The van der Waals surface area contributed by atoms with Gasteiger partial charge in [0.1, 0.15) is 4.88 Å². The Kier molecular flexibility index (Phi) is 5.26. The number of thiophene rings is 1. The van der Waals surface area contributed by atoms with Crippen molar-refractivity contribution < 1.29 is 23.1 Å². The highest BCUT2D eigenvalue weighted by Gasteiger charge is 2.22. The van der Waals surface area contributed by atoms with Crippen LogP contribution in [-0.2, 0) is 14.8 Å². The number of carbonyl (C=O) groups excluding carboxylic acids is 1. The fourth-order valence-corrected chi connectivity index (χ4v) is 3.86. The summed E-state index contributed by atoms with van der Waals surface area (Å²) in [6.07, 6.45) is 0. The third kappa shape index (κ3) is 4.29. The van der Waals surface area contributed by atoms with Gasteiger partial charge in [0.2, 0.25) is 15.9 Å². The van der Waals surface area contributed by atoms with E-state index in [0.717, 1.165) is 17.4 Å². The fourth-order valence-electron chi connectivity index (χ4n) is 1.45. The maximum absolute atomic E-state index is 12.0. The van der Waals surface area contributed by atoms with E-state index in [1.807, 2.05) is 0 Å². The molecule has 0 aliphatic carbocycles. The van der Waals surface area contributed by atoms with Gasteiger partial charge in [-0.1, -0.05) is 0 Å². The van der Waals surface area contributed by atoms with Gasteiger partial charge in [0.25, 0.3) is 0 Å². The van der Waals surface area contributed by atoms with Crippen molar-refractivity contribution in [3.8, 4) is 0 Å². The fraction of sp³-hybridized carbons (Fsp3) is 0.455. The summed E-state index contributed by atoms with van der Waals surface area (Å²) < 4.78 is 26.2. The molecule has 20 heavy (non-hydrogen) atoms. The second-order valence-corrected chi connectivity index (χ2v) is 7.37. The zero-order valence-corrected chi connectivity index (χ0v) is 12.9. The first kappa shape index (κ1) is 16.6. The van der Waals surface area contributed by atoms with Crippen LogP contribution in [0.4, 0.5) is 0 Å². The van der Waals surface area contributed by atoms with E-state index in [9.17, 15) is 18.0 Å². The van der Waals surface area contributed by atoms with Crippen molar-refractivity contribution in [1.82, 2.24) is 10.0 Å². The highest BCUT2D eigenvalue weighted by molar-refractivity contribution is 7.89. The van der Waals surface area contributed by atoms with E-state index < -0.39 is 28.4 Å². The highest BCUT2D eigenvalue weighted by atomic mass is 32.2. The van der Waals surface area contributed by atoms with E-state index in [2.05, 4.69) is 10.0 Å². The van der Waals surface area contributed by atoms with Gasteiger partial charge in [-0.25, -0.2) is 17.9 Å². The van der Waals surface area contributed by atoms with E-state index in [4.69, 9.17) is 5.11 Å². The molecule has 7 nitrogen and oxygen atoms in total. The lowest BCUT2D eigenvalue weighted by Gasteiger charge is -2.09. The first-order valence-corrected chi connectivity index (χ1v) is 8.06. The van der Waals surface area contributed by atoms with Crippen molar-refractivity contribution in [3.63, 3.8) is 0 Å². The predicted octanol–water partition coefficient (Wildman–Crippen LogP) is 0.558. The highest BCUT2D eigenvalue weighted by Crippen LogP contribution is 2.25. The van der Waals surface area contributed by atoms with Crippen LogP contribution < -0.4 is 10.0 Å². The van der Waals surface area contributed by atoms with Gasteiger partial charge in [-0.05, 0) is 26.8 Å². The van der Waals surface area contributed by atoms with E-state index in [-0.39, 0.29) is 15.8 Å². The minimum Gasteiger partial charge on any atom is -0.477 e. The third-order valence-electron chi connectivity index (χ3n) is 2.24. The van der Waals surface area contributed by atoms with Crippen LogP contribution >= 0.6 is 11.3 Å². The molecule has 1 heterocycles. The molecule has 0 fully saturated rings. The quantitative estimate of drug-likeness (QED) is 0.709. The number of aryl methyl sites for hydroxylation is 1. The molecule has 1 aromatic rings. The van der Waals surface area contributed by atoms with Crippen molar-refractivity contribution in [1.29, 1.82) is 0 Å². The third-order valence-corrected chi connectivity index (χ3v) is 4.94. The second-order valence-electron chi connectivity index (χ2n) is 4.38. The Balaban J connectivity index is 2.84. The number of nitrogens with one attached hydrogen (secondary N) is 2. The van der Waals surface area contributed by atoms with Crippen LogP contribution in [0.2, 0.25) is 0 Å². The van der Waals surface area contributed by atoms with Gasteiger partial charge in [-0.2, -0.15) is 0 Å². The lowest BCUT2D eigenvalue weighted by atomic mass is 10.4. The van der Waals surface area contributed by atoms with Gasteiger partial charge in [0.05, 0.1) is 11.4 Å². The molecular formula is C11H16N2O5S2. The number of aromatic carboxylic acids is 1. The molecule has 1 rings (SSSR count). The summed E-state index contributed by atoms with van der Waals surface area (Å²) in [5.41, 5.74) is 0. The topological polar surface area (TPSA) is 113 Å². The summed E-state index contributed by atoms with van der Waals surface area (Å²) in [4.78, 5) is 22.4. The van der Waals surface area contributed by atoms with Crippen molar-refractivity contribution in [2.75, 3.05) is 6.54 Å². The Labute approximate surface area is 121 Å². The second kappa shape index (κ2) is 6.33. The van der Waals surface area contributed by atoms with Gasteiger partial charge < -0.3 is 10.4 Å². The standard InChI is InChI=1S/C11H16N2O5S2/c1-6(2)13-10(14)5-12-20(17,18)9-4-8(11(15)16)19-7(9)3/h4,6,12H,5H2,1-3H3,(H,13,14)(H,15,16). The molecule has 0 bridgehead atoms. The lowest BCUT2D eigenvalue weighted by molar-refractivity contribution is -0.120. The molecule has 0 saturated heterocycles. The zero-order chi connectivity index (χ0) is 15.5. The van der Waals surface area contributed by atoms with E-state index >= 15 is 0 Å². The number of carbonyl (C=O) groups is 2. The van der Waals surface area contributed by atoms with Crippen LogP contribution in [0.5, 0.6) is 0 Å². The summed E-state index contributed by atoms with van der Waals surface area (Å²) in [6.45, 7) is 4.64. The molecule has 3 N–H and O–H groups in total. The summed E-state index contributed by atoms with van der Waals surface area (Å²) in [7, 11) is -3.90. The minimum absolute atomic E-state index is 0.0606.